The summed E-state index contributed by atoms with van der Waals surface area (Å²) in [7, 11) is 0. The van der Waals surface area contributed by atoms with Crippen LogP contribution in [0, 0.1) is 0 Å². The van der Waals surface area contributed by atoms with Gasteiger partial charge in [0.05, 0.1) is 16.9 Å². The first kappa shape index (κ1) is 9.09. The van der Waals surface area contributed by atoms with Gasteiger partial charge in [-0.05, 0) is 6.07 Å². The second-order valence-electron chi connectivity index (χ2n) is 1.99. The number of amides is 2. The molecule has 0 atom stereocenters. The molecule has 0 saturated carbocycles. The van der Waals surface area contributed by atoms with E-state index in [0.717, 1.165) is 0 Å². The average molecular weight is 206 g/mol. The number of hydrogen-bond acceptors (Lipinski definition) is 2. The number of aromatic nitrogens is 1. The molecule has 2 amide bonds. The molecule has 3 N–H and O–H groups in total. The predicted octanol–water partition coefficient (Wildman–Crippen LogP) is 1.88. The number of hydrogen-bond donors (Lipinski definition) is 2. The van der Waals surface area contributed by atoms with E-state index in [4.69, 9.17) is 28.9 Å². The van der Waals surface area contributed by atoms with Crippen molar-refractivity contribution in [3.05, 3.63) is 22.4 Å². The number of urea groups is 1. The summed E-state index contributed by atoms with van der Waals surface area (Å²) in [4.78, 5) is 14.1. The van der Waals surface area contributed by atoms with Gasteiger partial charge in [0, 0.05) is 0 Å². The Kier molecular flexibility index (Phi) is 2.73. The molecule has 64 valence electrons. The molecule has 0 aliphatic carbocycles. The zero-order chi connectivity index (χ0) is 9.14. The molecule has 1 aromatic heterocycles. The Hall–Kier alpha value is -1.000. The van der Waals surface area contributed by atoms with Crippen molar-refractivity contribution in [2.45, 2.75) is 0 Å². The third-order valence-corrected chi connectivity index (χ3v) is 1.75. The number of halogens is 2. The lowest BCUT2D eigenvalue weighted by molar-refractivity contribution is 0.259. The van der Waals surface area contributed by atoms with Crippen LogP contribution in [0.25, 0.3) is 0 Å². The summed E-state index contributed by atoms with van der Waals surface area (Å²) in [6.07, 6.45) is 1.36. The van der Waals surface area contributed by atoms with Gasteiger partial charge in [-0.3, -0.25) is 0 Å². The summed E-state index contributed by atoms with van der Waals surface area (Å²) in [5, 5.41) is 2.76. The van der Waals surface area contributed by atoms with E-state index in [-0.39, 0.29) is 10.2 Å². The number of primary amides is 1. The van der Waals surface area contributed by atoms with E-state index in [1.54, 1.807) is 0 Å². The quantitative estimate of drug-likeness (QED) is 0.688. The molecule has 0 spiro atoms. The van der Waals surface area contributed by atoms with Crippen molar-refractivity contribution in [1.29, 1.82) is 0 Å². The SMILES string of the molecule is NC(=O)Nc1cnc(Cl)c(Cl)c1. The molecule has 0 saturated heterocycles. The normalized spacial score (nSPS) is 9.50. The van der Waals surface area contributed by atoms with Crippen molar-refractivity contribution in [2.75, 3.05) is 5.32 Å². The molecule has 0 aromatic carbocycles. The summed E-state index contributed by atoms with van der Waals surface area (Å²) in [6, 6.07) is 0.789. The molecule has 0 aliphatic heterocycles. The van der Waals surface area contributed by atoms with E-state index >= 15 is 0 Å². The van der Waals surface area contributed by atoms with Gasteiger partial charge in [-0.2, -0.15) is 0 Å². The number of rotatable bonds is 1. The molecular weight excluding hydrogens is 201 g/mol. The van der Waals surface area contributed by atoms with Crippen molar-refractivity contribution < 1.29 is 4.79 Å². The average Bonchev–Trinajstić information content (AvgIpc) is 1.96. The Morgan fingerprint density at radius 3 is 2.75 bits per heavy atom. The minimum atomic E-state index is -0.671. The first-order chi connectivity index (χ1) is 5.59. The number of nitrogens with one attached hydrogen (secondary N) is 1. The third-order valence-electron chi connectivity index (χ3n) is 1.06. The van der Waals surface area contributed by atoms with Crippen LogP contribution in [0.4, 0.5) is 10.5 Å². The van der Waals surface area contributed by atoms with Gasteiger partial charge < -0.3 is 11.1 Å². The van der Waals surface area contributed by atoms with Gasteiger partial charge in [0.1, 0.15) is 5.15 Å². The number of carbonyl (C=O) groups is 1. The molecule has 12 heavy (non-hydrogen) atoms. The van der Waals surface area contributed by atoms with Crippen LogP contribution in [-0.2, 0) is 0 Å². The highest BCUT2D eigenvalue weighted by molar-refractivity contribution is 6.41. The Morgan fingerprint density at radius 1 is 1.58 bits per heavy atom. The van der Waals surface area contributed by atoms with Crippen molar-refractivity contribution in [3.63, 3.8) is 0 Å². The van der Waals surface area contributed by atoms with Crippen molar-refractivity contribution in [3.8, 4) is 0 Å². The molecule has 0 radical (unpaired) electrons. The fraction of sp³-hybridized carbons (Fsp3) is 0. The van der Waals surface area contributed by atoms with Gasteiger partial charge in [0.25, 0.3) is 0 Å². The lowest BCUT2D eigenvalue weighted by Crippen LogP contribution is -2.19. The fourth-order valence-corrected chi connectivity index (χ4v) is 0.902. The number of carbonyl (C=O) groups excluding carboxylic acids is 1. The predicted molar refractivity (Wildman–Crippen MR) is 47.5 cm³/mol. The van der Waals surface area contributed by atoms with Crippen LogP contribution >= 0.6 is 23.2 Å². The van der Waals surface area contributed by atoms with Crippen LogP contribution in [0.3, 0.4) is 0 Å². The first-order valence-electron chi connectivity index (χ1n) is 2.97. The van der Waals surface area contributed by atoms with E-state index in [1.807, 2.05) is 0 Å². The van der Waals surface area contributed by atoms with Gasteiger partial charge >= 0.3 is 6.03 Å². The highest BCUT2D eigenvalue weighted by Gasteiger charge is 2.01. The Bertz CT molecular complexity index is 316. The van der Waals surface area contributed by atoms with Crippen LogP contribution in [0.5, 0.6) is 0 Å². The largest absolute Gasteiger partial charge is 0.351 e. The summed E-state index contributed by atoms with van der Waals surface area (Å²) in [5.74, 6) is 0. The third kappa shape index (κ3) is 2.25. The summed E-state index contributed by atoms with van der Waals surface area (Å²) < 4.78 is 0. The number of anilines is 1. The molecule has 0 fully saturated rings. The molecule has 1 rings (SSSR count). The standard InChI is InChI=1S/C6H5Cl2N3O/c7-4-1-3(11-6(9)12)2-10-5(4)8/h1-2H,(H3,9,11,12). The molecule has 0 bridgehead atoms. The lowest BCUT2D eigenvalue weighted by atomic mass is 10.4. The minimum Gasteiger partial charge on any atom is -0.351 e. The Balaban J connectivity index is 2.89. The van der Waals surface area contributed by atoms with E-state index < -0.39 is 6.03 Å². The maximum Gasteiger partial charge on any atom is 0.316 e. The van der Waals surface area contributed by atoms with Crippen LogP contribution < -0.4 is 11.1 Å². The van der Waals surface area contributed by atoms with E-state index in [2.05, 4.69) is 10.3 Å². The molecule has 1 aromatic rings. The summed E-state index contributed by atoms with van der Waals surface area (Å²) in [6.45, 7) is 0. The maximum absolute atomic E-state index is 10.4. The van der Waals surface area contributed by atoms with E-state index in [0.29, 0.717) is 5.69 Å². The zero-order valence-corrected chi connectivity index (χ0v) is 7.36. The van der Waals surface area contributed by atoms with Gasteiger partial charge in [-0.25, -0.2) is 9.78 Å². The molecule has 6 heteroatoms. The highest BCUT2D eigenvalue weighted by atomic mass is 35.5. The van der Waals surface area contributed by atoms with E-state index in [9.17, 15) is 4.79 Å². The Labute approximate surface area is 78.7 Å². The molecule has 4 nitrogen and oxygen atoms in total. The van der Waals surface area contributed by atoms with Crippen molar-refractivity contribution in [1.82, 2.24) is 4.98 Å². The van der Waals surface area contributed by atoms with Crippen LogP contribution in [0.1, 0.15) is 0 Å². The van der Waals surface area contributed by atoms with Crippen molar-refractivity contribution >= 4 is 34.9 Å². The summed E-state index contributed by atoms with van der Waals surface area (Å²) >= 11 is 11.1. The monoisotopic (exact) mass is 205 g/mol. The highest BCUT2D eigenvalue weighted by Crippen LogP contribution is 2.21. The van der Waals surface area contributed by atoms with Gasteiger partial charge in [-0.15, -0.1) is 0 Å². The van der Waals surface area contributed by atoms with Gasteiger partial charge in [0.15, 0.2) is 0 Å². The number of nitrogens with zero attached hydrogens (tertiary/aromatic N) is 1. The minimum absolute atomic E-state index is 0.187. The van der Waals surface area contributed by atoms with Crippen LogP contribution in [-0.4, -0.2) is 11.0 Å². The number of pyridine rings is 1. The topological polar surface area (TPSA) is 68.0 Å². The van der Waals surface area contributed by atoms with Crippen LogP contribution in [0.2, 0.25) is 10.2 Å². The van der Waals surface area contributed by atoms with Gasteiger partial charge in [0.2, 0.25) is 0 Å². The Morgan fingerprint density at radius 2 is 2.25 bits per heavy atom. The number of nitrogens with two attached hydrogens (primary N) is 1. The molecule has 0 unspecified atom stereocenters. The first-order valence-corrected chi connectivity index (χ1v) is 3.72. The zero-order valence-electron chi connectivity index (χ0n) is 5.84. The second kappa shape index (κ2) is 3.60. The lowest BCUT2D eigenvalue weighted by Gasteiger charge is -2.01. The molecule has 1 heterocycles. The van der Waals surface area contributed by atoms with Gasteiger partial charge in [-0.1, -0.05) is 23.2 Å². The molecule has 0 aliphatic rings. The van der Waals surface area contributed by atoms with E-state index in [1.165, 1.54) is 12.3 Å². The molecular formula is C6H5Cl2N3O. The second-order valence-corrected chi connectivity index (χ2v) is 2.75. The summed E-state index contributed by atoms with van der Waals surface area (Å²) in [5.41, 5.74) is 5.27. The maximum atomic E-state index is 10.4. The van der Waals surface area contributed by atoms with Crippen molar-refractivity contribution in [2.24, 2.45) is 5.73 Å². The smallest absolute Gasteiger partial charge is 0.316 e. The fourth-order valence-electron chi connectivity index (χ4n) is 0.632. The van der Waals surface area contributed by atoms with Crippen LogP contribution in [0.15, 0.2) is 12.3 Å².